The third-order valence-electron chi connectivity index (χ3n) is 3.70. The van der Waals surface area contributed by atoms with Gasteiger partial charge in [0.05, 0.1) is 5.92 Å². The van der Waals surface area contributed by atoms with Gasteiger partial charge in [-0.3, -0.25) is 4.79 Å². The Morgan fingerprint density at radius 3 is 2.56 bits per heavy atom. The minimum atomic E-state index is -0.700. The van der Waals surface area contributed by atoms with E-state index in [2.05, 4.69) is 38.2 Å². The molecule has 0 aliphatic carbocycles. The van der Waals surface area contributed by atoms with E-state index >= 15 is 0 Å². The summed E-state index contributed by atoms with van der Waals surface area (Å²) in [5, 5.41) is 12.5. The molecule has 2 rings (SSSR count). The molecule has 1 aliphatic heterocycles. The molecule has 1 aliphatic rings. The largest absolute Gasteiger partial charge is 0.481 e. The predicted octanol–water partition coefficient (Wildman–Crippen LogP) is 2.37. The fraction of sp³-hybridized carbons (Fsp3) is 0.533. The van der Waals surface area contributed by atoms with Crippen molar-refractivity contribution in [2.75, 3.05) is 13.1 Å². The first kappa shape index (κ1) is 13.1. The lowest BCUT2D eigenvalue weighted by Gasteiger charge is -2.27. The summed E-state index contributed by atoms with van der Waals surface area (Å²) in [6.45, 7) is 7.83. The molecule has 0 amide bonds. The summed E-state index contributed by atoms with van der Waals surface area (Å²) >= 11 is 0. The molecular formula is C15H21NO2. The van der Waals surface area contributed by atoms with Gasteiger partial charge >= 0.3 is 5.97 Å². The highest BCUT2D eigenvalue weighted by Gasteiger charge is 2.36. The van der Waals surface area contributed by atoms with Crippen LogP contribution in [-0.4, -0.2) is 24.2 Å². The number of hydrogen-bond acceptors (Lipinski definition) is 2. The van der Waals surface area contributed by atoms with Crippen LogP contribution in [0.3, 0.4) is 0 Å². The zero-order valence-corrected chi connectivity index (χ0v) is 11.2. The van der Waals surface area contributed by atoms with Gasteiger partial charge in [0.25, 0.3) is 0 Å². The van der Waals surface area contributed by atoms with E-state index in [0.29, 0.717) is 6.54 Å². The van der Waals surface area contributed by atoms with Gasteiger partial charge in [0.2, 0.25) is 0 Å². The van der Waals surface area contributed by atoms with E-state index in [1.807, 2.05) is 12.1 Å². The molecule has 3 heteroatoms. The number of carbonyl (C=O) groups is 1. The van der Waals surface area contributed by atoms with Crippen LogP contribution in [0.5, 0.6) is 0 Å². The molecule has 2 unspecified atom stereocenters. The van der Waals surface area contributed by atoms with Crippen LogP contribution in [0.15, 0.2) is 24.3 Å². The van der Waals surface area contributed by atoms with Crippen LogP contribution in [-0.2, 0) is 10.2 Å². The van der Waals surface area contributed by atoms with Gasteiger partial charge in [-0.1, -0.05) is 45.0 Å². The Balaban J connectivity index is 2.42. The van der Waals surface area contributed by atoms with Crippen LogP contribution in [0.1, 0.15) is 37.8 Å². The van der Waals surface area contributed by atoms with E-state index in [1.54, 1.807) is 0 Å². The minimum absolute atomic E-state index is 0.0439. The molecule has 18 heavy (non-hydrogen) atoms. The van der Waals surface area contributed by atoms with E-state index in [9.17, 15) is 9.90 Å². The number of nitrogens with one attached hydrogen (secondary N) is 1. The Labute approximate surface area is 108 Å². The van der Waals surface area contributed by atoms with E-state index in [4.69, 9.17) is 0 Å². The van der Waals surface area contributed by atoms with Gasteiger partial charge in [-0.15, -0.1) is 0 Å². The van der Waals surface area contributed by atoms with E-state index in [0.717, 1.165) is 6.54 Å². The number of hydrogen-bond donors (Lipinski definition) is 2. The van der Waals surface area contributed by atoms with Gasteiger partial charge in [-0.2, -0.15) is 0 Å². The molecule has 98 valence electrons. The highest BCUT2D eigenvalue weighted by atomic mass is 16.4. The molecule has 0 aromatic heterocycles. The predicted molar refractivity (Wildman–Crippen MR) is 71.9 cm³/mol. The minimum Gasteiger partial charge on any atom is -0.481 e. The van der Waals surface area contributed by atoms with Crippen LogP contribution in [0.25, 0.3) is 0 Å². The first-order valence-corrected chi connectivity index (χ1v) is 6.44. The number of aliphatic carboxylic acids is 1. The number of rotatable bonds is 2. The smallest absolute Gasteiger partial charge is 0.308 e. The normalized spacial score (nSPS) is 24.2. The summed E-state index contributed by atoms with van der Waals surface area (Å²) in [6.07, 6.45) is 0. The van der Waals surface area contributed by atoms with Crippen molar-refractivity contribution >= 4 is 5.97 Å². The Morgan fingerprint density at radius 1 is 1.28 bits per heavy atom. The summed E-state index contributed by atoms with van der Waals surface area (Å²) in [7, 11) is 0. The monoisotopic (exact) mass is 247 g/mol. The van der Waals surface area contributed by atoms with Crippen molar-refractivity contribution in [1.82, 2.24) is 5.32 Å². The average Bonchev–Trinajstić information content (AvgIpc) is 2.76. The summed E-state index contributed by atoms with van der Waals surface area (Å²) in [6, 6.07) is 8.23. The van der Waals surface area contributed by atoms with E-state index < -0.39 is 5.97 Å². The molecule has 0 radical (unpaired) electrons. The molecule has 0 bridgehead atoms. The zero-order chi connectivity index (χ0) is 13.3. The number of benzene rings is 1. The summed E-state index contributed by atoms with van der Waals surface area (Å²) in [4.78, 5) is 11.3. The maximum atomic E-state index is 11.3. The highest BCUT2D eigenvalue weighted by molar-refractivity contribution is 5.72. The van der Waals surface area contributed by atoms with Crippen LogP contribution in [0, 0.1) is 5.92 Å². The molecule has 1 aromatic rings. The Bertz CT molecular complexity index is 448. The fourth-order valence-corrected chi connectivity index (χ4v) is 2.77. The molecule has 2 N–H and O–H groups in total. The van der Waals surface area contributed by atoms with Crippen LogP contribution in [0.4, 0.5) is 0 Å². The second-order valence-electron chi connectivity index (χ2n) is 6.05. The molecule has 0 spiro atoms. The van der Waals surface area contributed by atoms with Crippen molar-refractivity contribution in [3.63, 3.8) is 0 Å². The van der Waals surface area contributed by atoms with Gasteiger partial charge in [-0.25, -0.2) is 0 Å². The Morgan fingerprint density at radius 2 is 1.94 bits per heavy atom. The summed E-state index contributed by atoms with van der Waals surface area (Å²) in [5.74, 6) is -0.930. The third-order valence-corrected chi connectivity index (χ3v) is 3.70. The van der Waals surface area contributed by atoms with Crippen LogP contribution < -0.4 is 5.32 Å². The molecule has 1 heterocycles. The molecule has 1 saturated heterocycles. The van der Waals surface area contributed by atoms with Crippen molar-refractivity contribution in [2.45, 2.75) is 32.1 Å². The first-order valence-electron chi connectivity index (χ1n) is 6.44. The van der Waals surface area contributed by atoms with Gasteiger partial charge in [0, 0.05) is 19.0 Å². The SMILES string of the molecule is CC(C)(C)c1ccccc1C1CNCC1C(=O)O. The molecule has 1 fully saturated rings. The summed E-state index contributed by atoms with van der Waals surface area (Å²) in [5.41, 5.74) is 2.48. The van der Waals surface area contributed by atoms with Crippen molar-refractivity contribution in [3.05, 3.63) is 35.4 Å². The Kier molecular flexibility index (Phi) is 3.44. The molecule has 2 atom stereocenters. The first-order chi connectivity index (χ1) is 8.41. The van der Waals surface area contributed by atoms with E-state index in [-0.39, 0.29) is 17.3 Å². The summed E-state index contributed by atoms with van der Waals surface area (Å²) < 4.78 is 0. The van der Waals surface area contributed by atoms with Crippen LogP contribution >= 0.6 is 0 Å². The lowest BCUT2D eigenvalue weighted by atomic mass is 9.77. The molecule has 0 saturated carbocycles. The topological polar surface area (TPSA) is 49.3 Å². The van der Waals surface area contributed by atoms with Gasteiger partial charge < -0.3 is 10.4 Å². The Hall–Kier alpha value is -1.35. The van der Waals surface area contributed by atoms with Crippen molar-refractivity contribution in [1.29, 1.82) is 0 Å². The molecule has 1 aromatic carbocycles. The second kappa shape index (κ2) is 4.73. The lowest BCUT2D eigenvalue weighted by molar-refractivity contribution is -0.141. The second-order valence-corrected chi connectivity index (χ2v) is 6.05. The van der Waals surface area contributed by atoms with Gasteiger partial charge in [0.1, 0.15) is 0 Å². The molecular weight excluding hydrogens is 226 g/mol. The van der Waals surface area contributed by atoms with Gasteiger partial charge in [-0.05, 0) is 16.5 Å². The maximum Gasteiger partial charge on any atom is 0.308 e. The quantitative estimate of drug-likeness (QED) is 0.843. The maximum absolute atomic E-state index is 11.3. The highest BCUT2D eigenvalue weighted by Crippen LogP contribution is 2.35. The van der Waals surface area contributed by atoms with Crippen molar-refractivity contribution < 1.29 is 9.90 Å². The van der Waals surface area contributed by atoms with Crippen molar-refractivity contribution in [2.24, 2.45) is 5.92 Å². The third kappa shape index (κ3) is 2.41. The average molecular weight is 247 g/mol. The van der Waals surface area contributed by atoms with E-state index in [1.165, 1.54) is 11.1 Å². The molecule has 3 nitrogen and oxygen atoms in total. The standard InChI is InChI=1S/C15H21NO2/c1-15(2,3)13-7-5-4-6-10(13)11-8-16-9-12(11)14(17)18/h4-7,11-12,16H,8-9H2,1-3H3,(H,17,18). The van der Waals surface area contributed by atoms with Crippen molar-refractivity contribution in [3.8, 4) is 0 Å². The number of carboxylic acid groups (broad SMARTS) is 1. The fourth-order valence-electron chi connectivity index (χ4n) is 2.77. The number of carboxylic acids is 1. The van der Waals surface area contributed by atoms with Gasteiger partial charge in [0.15, 0.2) is 0 Å². The lowest BCUT2D eigenvalue weighted by Crippen LogP contribution is -2.24. The zero-order valence-electron chi connectivity index (χ0n) is 11.2. The van der Waals surface area contributed by atoms with Crippen LogP contribution in [0.2, 0.25) is 0 Å².